The second-order valence-corrected chi connectivity index (χ2v) is 10.6. The van der Waals surface area contributed by atoms with Crippen LogP contribution < -0.4 is 14.3 Å². The zero-order valence-corrected chi connectivity index (χ0v) is 21.5. The first-order valence-electron chi connectivity index (χ1n) is 10.4. The summed E-state index contributed by atoms with van der Waals surface area (Å²) in [6.07, 6.45) is 0. The van der Waals surface area contributed by atoms with E-state index >= 15 is 0 Å². The van der Waals surface area contributed by atoms with E-state index in [4.69, 9.17) is 21.1 Å². The molecule has 0 atom stereocenters. The van der Waals surface area contributed by atoms with E-state index in [1.54, 1.807) is 34.9 Å². The average molecular weight is 546 g/mol. The fourth-order valence-electron chi connectivity index (χ4n) is 3.28. The summed E-state index contributed by atoms with van der Waals surface area (Å²) in [5.41, 5.74) is 1.20. The van der Waals surface area contributed by atoms with Crippen LogP contribution in [0.4, 0.5) is 5.69 Å². The zero-order chi connectivity index (χ0) is 25.9. The summed E-state index contributed by atoms with van der Waals surface area (Å²) in [7, 11) is -1.06. The predicted molar refractivity (Wildman–Crippen MR) is 137 cm³/mol. The van der Waals surface area contributed by atoms with E-state index in [2.05, 4.69) is 9.71 Å². The lowest BCUT2D eigenvalue weighted by Crippen LogP contribution is -2.22. The number of benzene rings is 3. The standard InChI is InChI=1S/C24H20ClN3O6S2/c1-33-18-8-10-19(11-9-18)36(31,32)27-17-6-3-15(4-7-17)23(30)26-24-28(14-22(29)34-2)20-12-5-16(25)13-21(20)35-24/h3-13,27H,14H2,1-2H3. The largest absolute Gasteiger partial charge is 0.497 e. The van der Waals surface area contributed by atoms with Crippen LogP contribution in [0.1, 0.15) is 10.4 Å². The molecule has 0 bridgehead atoms. The van der Waals surface area contributed by atoms with Gasteiger partial charge in [0.1, 0.15) is 12.3 Å². The third-order valence-corrected chi connectivity index (χ3v) is 7.78. The van der Waals surface area contributed by atoms with Crippen molar-refractivity contribution >= 4 is 60.7 Å². The number of fused-ring (bicyclic) bond motifs is 1. The van der Waals surface area contributed by atoms with Gasteiger partial charge in [-0.25, -0.2) is 8.42 Å². The number of halogens is 1. The molecule has 1 heterocycles. The van der Waals surface area contributed by atoms with Crippen molar-refractivity contribution in [2.24, 2.45) is 4.99 Å². The van der Waals surface area contributed by atoms with Crippen molar-refractivity contribution in [3.05, 3.63) is 82.1 Å². The minimum absolute atomic E-state index is 0.0680. The molecule has 36 heavy (non-hydrogen) atoms. The summed E-state index contributed by atoms with van der Waals surface area (Å²) >= 11 is 7.29. The van der Waals surface area contributed by atoms with Gasteiger partial charge < -0.3 is 14.0 Å². The highest BCUT2D eigenvalue weighted by atomic mass is 35.5. The number of anilines is 1. The maximum atomic E-state index is 12.9. The number of nitrogens with zero attached hydrogens (tertiary/aromatic N) is 2. The molecule has 0 aliphatic heterocycles. The lowest BCUT2D eigenvalue weighted by molar-refractivity contribution is -0.141. The highest BCUT2D eigenvalue weighted by Gasteiger charge is 2.16. The number of sulfonamides is 1. The molecule has 0 saturated carbocycles. The average Bonchev–Trinajstić information content (AvgIpc) is 3.19. The molecule has 0 unspecified atom stereocenters. The fraction of sp³-hybridized carbons (Fsp3) is 0.125. The molecule has 0 aliphatic rings. The lowest BCUT2D eigenvalue weighted by atomic mass is 10.2. The van der Waals surface area contributed by atoms with Crippen molar-refractivity contribution in [3.63, 3.8) is 0 Å². The number of carbonyl (C=O) groups excluding carboxylic acids is 2. The van der Waals surface area contributed by atoms with E-state index in [-0.39, 0.29) is 22.7 Å². The Morgan fingerprint density at radius 3 is 2.36 bits per heavy atom. The molecule has 1 aromatic heterocycles. The molecule has 186 valence electrons. The first kappa shape index (κ1) is 25.4. The number of hydrogen-bond acceptors (Lipinski definition) is 7. The Kier molecular flexibility index (Phi) is 7.43. The Balaban J connectivity index is 1.60. The van der Waals surface area contributed by atoms with Gasteiger partial charge in [0, 0.05) is 16.3 Å². The van der Waals surface area contributed by atoms with E-state index in [0.29, 0.717) is 21.1 Å². The minimum atomic E-state index is -3.83. The van der Waals surface area contributed by atoms with Crippen molar-refractivity contribution < 1.29 is 27.5 Å². The number of ether oxygens (including phenoxy) is 2. The van der Waals surface area contributed by atoms with Crippen LogP contribution in [0.25, 0.3) is 10.2 Å². The molecule has 0 radical (unpaired) electrons. The second kappa shape index (κ2) is 10.5. The van der Waals surface area contributed by atoms with E-state index in [1.165, 1.54) is 62.0 Å². The van der Waals surface area contributed by atoms with Crippen LogP contribution in [0.2, 0.25) is 5.02 Å². The van der Waals surface area contributed by atoms with Crippen LogP contribution in [0.3, 0.4) is 0 Å². The van der Waals surface area contributed by atoms with Gasteiger partial charge in [-0.1, -0.05) is 22.9 Å². The number of carbonyl (C=O) groups is 2. The molecular formula is C24H20ClN3O6S2. The van der Waals surface area contributed by atoms with Gasteiger partial charge in [0.15, 0.2) is 4.80 Å². The summed E-state index contributed by atoms with van der Waals surface area (Å²) in [6.45, 7) is -0.129. The van der Waals surface area contributed by atoms with Crippen molar-refractivity contribution in [3.8, 4) is 5.75 Å². The number of esters is 1. The van der Waals surface area contributed by atoms with E-state index in [1.807, 2.05) is 0 Å². The Hall–Kier alpha value is -3.67. The number of rotatable bonds is 7. The molecule has 0 spiro atoms. The van der Waals surface area contributed by atoms with Crippen LogP contribution in [0.5, 0.6) is 5.75 Å². The Morgan fingerprint density at radius 2 is 1.72 bits per heavy atom. The van der Waals surface area contributed by atoms with Gasteiger partial charge in [0.05, 0.1) is 29.3 Å². The number of amides is 1. The number of hydrogen-bond donors (Lipinski definition) is 1. The maximum absolute atomic E-state index is 12.9. The minimum Gasteiger partial charge on any atom is -0.497 e. The van der Waals surface area contributed by atoms with Crippen molar-refractivity contribution in [1.29, 1.82) is 0 Å². The Morgan fingerprint density at radius 1 is 1.03 bits per heavy atom. The summed E-state index contributed by atoms with van der Waals surface area (Å²) in [5, 5.41) is 0.513. The SMILES string of the molecule is COC(=O)Cn1c(=NC(=O)c2ccc(NS(=O)(=O)c3ccc(OC)cc3)cc2)sc2cc(Cl)ccc21. The van der Waals surface area contributed by atoms with E-state index < -0.39 is 21.9 Å². The van der Waals surface area contributed by atoms with Crippen LogP contribution >= 0.6 is 22.9 Å². The van der Waals surface area contributed by atoms with Gasteiger partial charge in [-0.2, -0.15) is 4.99 Å². The zero-order valence-electron chi connectivity index (χ0n) is 19.1. The predicted octanol–water partition coefficient (Wildman–Crippen LogP) is 4.08. The molecule has 3 aromatic carbocycles. The van der Waals surface area contributed by atoms with Gasteiger partial charge in [-0.3, -0.25) is 14.3 Å². The van der Waals surface area contributed by atoms with Crippen LogP contribution in [0.15, 0.2) is 76.6 Å². The smallest absolute Gasteiger partial charge is 0.325 e. The summed E-state index contributed by atoms with van der Waals surface area (Å²) < 4.78 is 39.9. The Bertz CT molecular complexity index is 1610. The number of nitrogens with one attached hydrogen (secondary N) is 1. The molecule has 1 N–H and O–H groups in total. The molecule has 4 aromatic rings. The maximum Gasteiger partial charge on any atom is 0.325 e. The monoisotopic (exact) mass is 545 g/mol. The van der Waals surface area contributed by atoms with Gasteiger partial charge >= 0.3 is 5.97 Å². The number of aromatic nitrogens is 1. The third-order valence-electron chi connectivity index (χ3n) is 5.11. The molecule has 12 heteroatoms. The number of thiazole rings is 1. The summed E-state index contributed by atoms with van der Waals surface area (Å²) in [4.78, 5) is 29.4. The van der Waals surface area contributed by atoms with E-state index in [0.717, 1.165) is 4.70 Å². The number of methoxy groups -OCH3 is 2. The van der Waals surface area contributed by atoms with Gasteiger partial charge in [0.25, 0.3) is 15.9 Å². The third kappa shape index (κ3) is 5.59. The topological polar surface area (TPSA) is 116 Å². The van der Waals surface area contributed by atoms with Crippen LogP contribution in [-0.2, 0) is 26.1 Å². The first-order chi connectivity index (χ1) is 17.2. The van der Waals surface area contributed by atoms with E-state index in [9.17, 15) is 18.0 Å². The van der Waals surface area contributed by atoms with Crippen LogP contribution in [0, 0.1) is 0 Å². The molecule has 0 fully saturated rings. The highest BCUT2D eigenvalue weighted by molar-refractivity contribution is 7.92. The first-order valence-corrected chi connectivity index (χ1v) is 13.1. The molecule has 1 amide bonds. The van der Waals surface area contributed by atoms with Crippen LogP contribution in [-0.4, -0.2) is 39.1 Å². The molecule has 0 saturated heterocycles. The quantitative estimate of drug-likeness (QED) is 0.350. The normalized spacial score (nSPS) is 11.9. The van der Waals surface area contributed by atoms with Gasteiger partial charge in [0.2, 0.25) is 0 Å². The molecular weight excluding hydrogens is 526 g/mol. The summed E-state index contributed by atoms with van der Waals surface area (Å²) in [6, 6.07) is 17.0. The van der Waals surface area contributed by atoms with Crippen molar-refractivity contribution in [2.45, 2.75) is 11.4 Å². The second-order valence-electron chi connectivity index (χ2n) is 7.43. The van der Waals surface area contributed by atoms with Gasteiger partial charge in [-0.05, 0) is 66.7 Å². The van der Waals surface area contributed by atoms with Crippen molar-refractivity contribution in [2.75, 3.05) is 18.9 Å². The summed E-state index contributed by atoms with van der Waals surface area (Å²) in [5.74, 6) is -0.516. The highest BCUT2D eigenvalue weighted by Crippen LogP contribution is 2.23. The molecule has 0 aliphatic carbocycles. The molecule has 4 rings (SSSR count). The lowest BCUT2D eigenvalue weighted by Gasteiger charge is -2.09. The fourth-order valence-corrected chi connectivity index (χ4v) is 5.64. The van der Waals surface area contributed by atoms with Gasteiger partial charge in [-0.15, -0.1) is 0 Å². The molecule has 9 nitrogen and oxygen atoms in total. The Labute approximate surface area is 215 Å². The van der Waals surface area contributed by atoms with Crippen molar-refractivity contribution in [1.82, 2.24) is 4.57 Å².